The van der Waals surface area contributed by atoms with Gasteiger partial charge in [0, 0.05) is 28.8 Å². The summed E-state index contributed by atoms with van der Waals surface area (Å²) in [6.07, 6.45) is 2.00. The quantitative estimate of drug-likeness (QED) is 0.237. The minimum absolute atomic E-state index is 0.594. The van der Waals surface area contributed by atoms with Crippen molar-refractivity contribution in [2.45, 2.75) is 31.6 Å². The Bertz CT molecular complexity index is 1650. The van der Waals surface area contributed by atoms with Gasteiger partial charge in [-0.1, -0.05) is 71.9 Å². The van der Waals surface area contributed by atoms with Crippen LogP contribution in [0.3, 0.4) is 0 Å². The predicted molar refractivity (Wildman–Crippen MR) is 150 cm³/mol. The van der Waals surface area contributed by atoms with Crippen molar-refractivity contribution in [1.29, 1.82) is 0 Å². The van der Waals surface area contributed by atoms with Crippen molar-refractivity contribution >= 4 is 5.97 Å². The largest absolute Gasteiger partial charge is 0.497 e. The monoisotopic (exact) mass is 516 g/mol. The van der Waals surface area contributed by atoms with Gasteiger partial charge in [-0.2, -0.15) is 0 Å². The molecule has 3 aromatic carbocycles. The fourth-order valence-electron chi connectivity index (χ4n) is 5.07. The number of pyridine rings is 1. The van der Waals surface area contributed by atoms with Gasteiger partial charge in [-0.25, -0.2) is 0 Å². The van der Waals surface area contributed by atoms with Gasteiger partial charge in [-0.3, -0.25) is 9.78 Å². The van der Waals surface area contributed by atoms with E-state index in [1.54, 1.807) is 7.11 Å². The standard InChI is InChI=1S/C33H28N2O4/c1-21-29(20-27-6-4-8-30(34-27)25-5-3-7-28(19-25)38-2)31(39-35-21)24-11-9-22(10-12-24)23-13-15-26(16-14-23)33(17-18-33)32(36)37/h3-16,19H,17-18,20H2,1-2H3,(H,36,37). The van der Waals surface area contributed by atoms with Crippen LogP contribution in [-0.2, 0) is 16.6 Å². The molecule has 1 N–H and O–H groups in total. The number of carbonyl (C=O) groups is 1. The average Bonchev–Trinajstić information content (AvgIpc) is 3.72. The van der Waals surface area contributed by atoms with Gasteiger partial charge < -0.3 is 14.4 Å². The van der Waals surface area contributed by atoms with E-state index in [2.05, 4.69) is 17.3 Å². The lowest BCUT2D eigenvalue weighted by atomic mass is 9.93. The fraction of sp³-hybridized carbons (Fsp3) is 0.182. The van der Waals surface area contributed by atoms with E-state index >= 15 is 0 Å². The van der Waals surface area contributed by atoms with E-state index in [4.69, 9.17) is 14.2 Å². The second-order valence-electron chi connectivity index (χ2n) is 10.0. The molecule has 0 radical (unpaired) electrons. The second kappa shape index (κ2) is 9.87. The Morgan fingerprint density at radius 2 is 1.56 bits per heavy atom. The molecule has 1 aliphatic carbocycles. The summed E-state index contributed by atoms with van der Waals surface area (Å²) in [4.78, 5) is 16.5. The van der Waals surface area contributed by atoms with E-state index in [9.17, 15) is 9.90 Å². The van der Waals surface area contributed by atoms with Crippen molar-refractivity contribution in [3.8, 4) is 39.5 Å². The molecule has 0 amide bonds. The molecule has 1 aliphatic rings. The molecular formula is C33H28N2O4. The molecular weight excluding hydrogens is 488 g/mol. The number of benzene rings is 3. The van der Waals surface area contributed by atoms with Gasteiger partial charge in [0.1, 0.15) is 5.75 Å². The highest BCUT2D eigenvalue weighted by molar-refractivity contribution is 5.85. The number of carboxylic acids is 1. The van der Waals surface area contributed by atoms with Crippen LogP contribution in [-0.4, -0.2) is 28.3 Å². The molecule has 6 rings (SSSR count). The highest BCUT2D eigenvalue weighted by atomic mass is 16.5. The number of rotatable bonds is 8. The molecule has 1 fully saturated rings. The predicted octanol–water partition coefficient (Wildman–Crippen LogP) is 7.09. The zero-order valence-corrected chi connectivity index (χ0v) is 21.8. The summed E-state index contributed by atoms with van der Waals surface area (Å²) in [6, 6.07) is 30.0. The number of aromatic nitrogens is 2. The molecule has 1 saturated carbocycles. The molecule has 2 heterocycles. The summed E-state index contributed by atoms with van der Waals surface area (Å²) in [6.45, 7) is 1.95. The minimum Gasteiger partial charge on any atom is -0.497 e. The van der Waals surface area contributed by atoms with Crippen LogP contribution in [0.15, 0.2) is 95.5 Å². The number of hydrogen-bond donors (Lipinski definition) is 1. The lowest BCUT2D eigenvalue weighted by Gasteiger charge is -2.11. The fourth-order valence-corrected chi connectivity index (χ4v) is 5.07. The molecule has 5 aromatic rings. The second-order valence-corrected chi connectivity index (χ2v) is 10.0. The lowest BCUT2D eigenvalue weighted by molar-refractivity contribution is -0.140. The Balaban J connectivity index is 1.23. The molecule has 39 heavy (non-hydrogen) atoms. The molecule has 6 heteroatoms. The topological polar surface area (TPSA) is 85.5 Å². The number of nitrogens with zero attached hydrogens (tertiary/aromatic N) is 2. The number of ether oxygens (including phenoxy) is 1. The zero-order valence-electron chi connectivity index (χ0n) is 21.8. The zero-order chi connectivity index (χ0) is 27.0. The van der Waals surface area contributed by atoms with Crippen LogP contribution in [0.2, 0.25) is 0 Å². The van der Waals surface area contributed by atoms with E-state index in [0.717, 1.165) is 62.0 Å². The van der Waals surface area contributed by atoms with Crippen LogP contribution in [0.1, 0.15) is 35.4 Å². The Kier molecular flexibility index (Phi) is 6.23. The summed E-state index contributed by atoms with van der Waals surface area (Å²) in [5.41, 5.74) is 7.87. The maximum absolute atomic E-state index is 11.6. The molecule has 0 unspecified atom stereocenters. The number of carboxylic acid groups (broad SMARTS) is 1. The van der Waals surface area contributed by atoms with Crippen molar-refractivity contribution in [3.63, 3.8) is 0 Å². The van der Waals surface area contributed by atoms with Gasteiger partial charge in [0.05, 0.1) is 23.9 Å². The highest BCUT2D eigenvalue weighted by Gasteiger charge is 2.51. The third-order valence-electron chi connectivity index (χ3n) is 7.59. The lowest BCUT2D eigenvalue weighted by Crippen LogP contribution is -2.19. The van der Waals surface area contributed by atoms with E-state index in [1.165, 1.54) is 0 Å². The first-order chi connectivity index (χ1) is 19.0. The normalized spacial score (nSPS) is 13.7. The molecule has 6 nitrogen and oxygen atoms in total. The van der Waals surface area contributed by atoms with Crippen LogP contribution < -0.4 is 4.74 Å². The van der Waals surface area contributed by atoms with E-state index in [1.807, 2.05) is 85.8 Å². The van der Waals surface area contributed by atoms with Gasteiger partial charge in [-0.05, 0) is 60.7 Å². The van der Waals surface area contributed by atoms with Crippen molar-refractivity contribution in [2.24, 2.45) is 0 Å². The third kappa shape index (κ3) is 4.70. The average molecular weight is 517 g/mol. The SMILES string of the molecule is COc1cccc(-c2cccc(Cc3c(C)noc3-c3ccc(-c4ccc(C5(C(=O)O)CC5)cc4)cc3)n2)c1. The number of aryl methyl sites for hydroxylation is 1. The van der Waals surface area contributed by atoms with Crippen molar-refractivity contribution < 1.29 is 19.2 Å². The van der Waals surface area contributed by atoms with E-state index in [0.29, 0.717) is 19.3 Å². The molecule has 2 aromatic heterocycles. The summed E-state index contributed by atoms with van der Waals surface area (Å²) < 4.78 is 11.1. The number of aliphatic carboxylic acids is 1. The van der Waals surface area contributed by atoms with Crippen LogP contribution in [0.5, 0.6) is 5.75 Å². The molecule has 0 aliphatic heterocycles. The molecule has 0 atom stereocenters. The van der Waals surface area contributed by atoms with E-state index < -0.39 is 11.4 Å². The first-order valence-corrected chi connectivity index (χ1v) is 13.0. The van der Waals surface area contributed by atoms with E-state index in [-0.39, 0.29) is 0 Å². The number of methoxy groups -OCH3 is 1. The van der Waals surface area contributed by atoms with Gasteiger partial charge in [0.2, 0.25) is 0 Å². The summed E-state index contributed by atoms with van der Waals surface area (Å²) >= 11 is 0. The molecule has 0 bridgehead atoms. The first kappa shape index (κ1) is 24.6. The Labute approximate surface area is 226 Å². The van der Waals surface area contributed by atoms with Crippen LogP contribution in [0.25, 0.3) is 33.7 Å². The molecule has 0 spiro atoms. The Hall–Kier alpha value is -4.71. The Morgan fingerprint density at radius 1 is 0.897 bits per heavy atom. The van der Waals surface area contributed by atoms with Crippen LogP contribution in [0, 0.1) is 6.92 Å². The minimum atomic E-state index is -0.736. The maximum Gasteiger partial charge on any atom is 0.314 e. The maximum atomic E-state index is 11.6. The number of hydrogen-bond acceptors (Lipinski definition) is 5. The van der Waals surface area contributed by atoms with Crippen molar-refractivity contribution in [1.82, 2.24) is 10.1 Å². The Morgan fingerprint density at radius 3 is 2.23 bits per heavy atom. The van der Waals surface area contributed by atoms with Crippen molar-refractivity contribution in [3.05, 3.63) is 114 Å². The first-order valence-electron chi connectivity index (χ1n) is 13.0. The van der Waals surface area contributed by atoms with Crippen molar-refractivity contribution in [2.75, 3.05) is 7.11 Å². The smallest absolute Gasteiger partial charge is 0.314 e. The molecule has 194 valence electrons. The molecule has 0 saturated heterocycles. The van der Waals surface area contributed by atoms with Gasteiger partial charge in [0.15, 0.2) is 5.76 Å². The van der Waals surface area contributed by atoms with Gasteiger partial charge >= 0.3 is 5.97 Å². The third-order valence-corrected chi connectivity index (χ3v) is 7.59. The summed E-state index contributed by atoms with van der Waals surface area (Å²) in [7, 11) is 1.66. The van der Waals surface area contributed by atoms with Gasteiger partial charge in [0.25, 0.3) is 0 Å². The summed E-state index contributed by atoms with van der Waals surface area (Å²) in [5, 5.41) is 13.8. The van der Waals surface area contributed by atoms with Gasteiger partial charge in [-0.15, -0.1) is 0 Å². The summed E-state index contributed by atoms with van der Waals surface area (Å²) in [5.74, 6) is 0.795. The highest BCUT2D eigenvalue weighted by Crippen LogP contribution is 2.48. The van der Waals surface area contributed by atoms with Crippen LogP contribution in [0.4, 0.5) is 0 Å². The van der Waals surface area contributed by atoms with Crippen LogP contribution >= 0.6 is 0 Å².